The van der Waals surface area contributed by atoms with Crippen molar-refractivity contribution < 1.29 is 9.63 Å². The lowest BCUT2D eigenvalue weighted by atomic mass is 10.2. The summed E-state index contributed by atoms with van der Waals surface area (Å²) in [6, 6.07) is 5.21. The van der Waals surface area contributed by atoms with Crippen LogP contribution in [0.15, 0.2) is 33.6 Å². The Balaban J connectivity index is 2.00. The number of phenolic OH excluding ortho intramolecular Hbond substituents is 1. The van der Waals surface area contributed by atoms with Gasteiger partial charge >= 0.3 is 0 Å². The van der Waals surface area contributed by atoms with E-state index >= 15 is 0 Å². The first-order valence-electron chi connectivity index (χ1n) is 4.95. The topological polar surface area (TPSA) is 72.0 Å². The molecule has 2 heterocycles. The number of benzene rings is 1. The van der Waals surface area contributed by atoms with Crippen LogP contribution in [-0.4, -0.2) is 20.2 Å². The van der Waals surface area contributed by atoms with E-state index in [1.165, 1.54) is 11.3 Å². The summed E-state index contributed by atoms with van der Waals surface area (Å²) in [6.45, 7) is 0. The van der Waals surface area contributed by atoms with E-state index in [4.69, 9.17) is 4.52 Å². The lowest BCUT2D eigenvalue weighted by molar-refractivity contribution is 0.431. The van der Waals surface area contributed by atoms with Gasteiger partial charge < -0.3 is 9.63 Å². The lowest BCUT2D eigenvalue weighted by Gasteiger charge is -1.97. The smallest absolute Gasteiger partial charge is 0.258 e. The van der Waals surface area contributed by atoms with Gasteiger partial charge in [-0.25, -0.2) is 4.98 Å². The normalized spacial score (nSPS) is 10.7. The van der Waals surface area contributed by atoms with Crippen molar-refractivity contribution in [2.24, 2.45) is 0 Å². The second-order valence-corrected chi connectivity index (χ2v) is 5.34. The van der Waals surface area contributed by atoms with E-state index in [9.17, 15) is 5.11 Å². The van der Waals surface area contributed by atoms with Gasteiger partial charge in [0.2, 0.25) is 5.82 Å². The maximum Gasteiger partial charge on any atom is 0.258 e. The molecule has 1 N–H and O–H groups in total. The van der Waals surface area contributed by atoms with Crippen molar-refractivity contribution in [2.75, 3.05) is 0 Å². The third-order valence-corrected chi connectivity index (χ3v) is 3.78. The van der Waals surface area contributed by atoms with Gasteiger partial charge in [-0.3, -0.25) is 0 Å². The standard InChI is InChI=1S/C11H6IN3O2S/c12-7-2-1-6(3-9(7)16)11-14-10(15-17-11)8-4-18-5-13-8/h1-5,16H. The number of hydrogen-bond donors (Lipinski definition) is 1. The zero-order valence-corrected chi connectivity index (χ0v) is 11.8. The molecule has 0 aliphatic carbocycles. The molecule has 0 radical (unpaired) electrons. The third-order valence-electron chi connectivity index (χ3n) is 2.28. The Kier molecular flexibility index (Phi) is 3.00. The summed E-state index contributed by atoms with van der Waals surface area (Å²) in [5, 5.41) is 15.4. The summed E-state index contributed by atoms with van der Waals surface area (Å²) in [4.78, 5) is 8.35. The number of nitrogens with zero attached hydrogens (tertiary/aromatic N) is 3. The first-order chi connectivity index (χ1) is 8.74. The predicted molar refractivity (Wildman–Crippen MR) is 75.2 cm³/mol. The highest BCUT2D eigenvalue weighted by Gasteiger charge is 2.12. The van der Waals surface area contributed by atoms with Gasteiger partial charge in [-0.15, -0.1) is 11.3 Å². The highest BCUT2D eigenvalue weighted by Crippen LogP contribution is 2.27. The SMILES string of the molecule is Oc1cc(-c2nc(-c3cscn3)no2)ccc1I. The Morgan fingerprint density at radius 2 is 2.22 bits per heavy atom. The van der Waals surface area contributed by atoms with Gasteiger partial charge in [-0.1, -0.05) is 5.16 Å². The molecular weight excluding hydrogens is 365 g/mol. The van der Waals surface area contributed by atoms with Crippen molar-refractivity contribution in [3.63, 3.8) is 0 Å². The molecule has 0 spiro atoms. The van der Waals surface area contributed by atoms with E-state index in [0.717, 1.165) is 3.57 Å². The van der Waals surface area contributed by atoms with Gasteiger partial charge in [0.1, 0.15) is 11.4 Å². The van der Waals surface area contributed by atoms with Crippen LogP contribution >= 0.6 is 33.9 Å². The Morgan fingerprint density at radius 1 is 1.33 bits per heavy atom. The van der Waals surface area contributed by atoms with Crippen LogP contribution in [0.25, 0.3) is 23.0 Å². The van der Waals surface area contributed by atoms with Crippen LogP contribution in [0.2, 0.25) is 0 Å². The van der Waals surface area contributed by atoms with Crippen molar-refractivity contribution in [3.8, 4) is 28.7 Å². The van der Waals surface area contributed by atoms with E-state index in [0.29, 0.717) is 23.0 Å². The van der Waals surface area contributed by atoms with Crippen molar-refractivity contribution >= 4 is 33.9 Å². The van der Waals surface area contributed by atoms with Gasteiger partial charge in [0.25, 0.3) is 5.89 Å². The lowest BCUT2D eigenvalue weighted by Crippen LogP contribution is -1.81. The van der Waals surface area contributed by atoms with Crippen LogP contribution in [-0.2, 0) is 0 Å². The largest absolute Gasteiger partial charge is 0.507 e. The van der Waals surface area contributed by atoms with Crippen LogP contribution < -0.4 is 0 Å². The molecule has 2 aromatic heterocycles. The molecule has 0 unspecified atom stereocenters. The molecule has 3 rings (SSSR count). The van der Waals surface area contributed by atoms with Crippen molar-refractivity contribution in [2.45, 2.75) is 0 Å². The summed E-state index contributed by atoms with van der Waals surface area (Å²) in [7, 11) is 0. The van der Waals surface area contributed by atoms with Gasteiger partial charge in [-0.2, -0.15) is 4.98 Å². The second kappa shape index (κ2) is 4.65. The van der Waals surface area contributed by atoms with Gasteiger partial charge in [-0.05, 0) is 40.8 Å². The van der Waals surface area contributed by atoms with E-state index in [1.807, 2.05) is 34.0 Å². The number of aromatic nitrogens is 3. The molecule has 0 saturated carbocycles. The fourth-order valence-electron chi connectivity index (χ4n) is 1.41. The van der Waals surface area contributed by atoms with Crippen LogP contribution in [0.5, 0.6) is 5.75 Å². The zero-order chi connectivity index (χ0) is 12.5. The molecule has 1 aromatic carbocycles. The minimum absolute atomic E-state index is 0.196. The Hall–Kier alpha value is -1.48. The van der Waals surface area contributed by atoms with E-state index in [1.54, 1.807) is 17.6 Å². The average Bonchev–Trinajstić information content (AvgIpc) is 3.01. The van der Waals surface area contributed by atoms with Crippen LogP contribution in [0.3, 0.4) is 0 Å². The number of aromatic hydroxyl groups is 1. The summed E-state index contributed by atoms with van der Waals surface area (Å²) >= 11 is 3.52. The van der Waals surface area contributed by atoms with E-state index in [-0.39, 0.29) is 5.75 Å². The minimum Gasteiger partial charge on any atom is -0.507 e. The van der Waals surface area contributed by atoms with Gasteiger partial charge in [0, 0.05) is 10.9 Å². The molecule has 0 saturated heterocycles. The fraction of sp³-hybridized carbons (Fsp3) is 0. The molecule has 90 valence electrons. The number of rotatable bonds is 2. The summed E-state index contributed by atoms with van der Waals surface area (Å²) in [6.07, 6.45) is 0. The van der Waals surface area contributed by atoms with E-state index < -0.39 is 0 Å². The van der Waals surface area contributed by atoms with Crippen LogP contribution in [0, 0.1) is 3.57 Å². The molecule has 0 atom stereocenters. The van der Waals surface area contributed by atoms with Gasteiger partial charge in [0.05, 0.1) is 9.08 Å². The van der Waals surface area contributed by atoms with Gasteiger partial charge in [0.15, 0.2) is 0 Å². The summed E-state index contributed by atoms with van der Waals surface area (Å²) < 4.78 is 5.93. The maximum absolute atomic E-state index is 9.64. The number of halogens is 1. The van der Waals surface area contributed by atoms with E-state index in [2.05, 4.69) is 15.1 Å². The number of hydrogen-bond acceptors (Lipinski definition) is 6. The van der Waals surface area contributed by atoms with Crippen molar-refractivity contribution in [3.05, 3.63) is 32.7 Å². The highest BCUT2D eigenvalue weighted by atomic mass is 127. The third kappa shape index (κ3) is 2.10. The quantitative estimate of drug-likeness (QED) is 0.701. The van der Waals surface area contributed by atoms with Crippen LogP contribution in [0.4, 0.5) is 0 Å². The Labute approximate surface area is 120 Å². The highest BCUT2D eigenvalue weighted by molar-refractivity contribution is 14.1. The molecule has 0 aliphatic rings. The second-order valence-electron chi connectivity index (χ2n) is 3.46. The average molecular weight is 371 g/mol. The summed E-state index contributed by atoms with van der Waals surface area (Å²) in [5.74, 6) is 1.01. The molecular formula is C11H6IN3O2S. The van der Waals surface area contributed by atoms with Crippen molar-refractivity contribution in [1.29, 1.82) is 0 Å². The zero-order valence-electron chi connectivity index (χ0n) is 8.87. The number of thiazole rings is 1. The molecule has 0 fully saturated rings. The molecule has 0 bridgehead atoms. The van der Waals surface area contributed by atoms with Crippen LogP contribution in [0.1, 0.15) is 0 Å². The molecule has 0 aliphatic heterocycles. The Morgan fingerprint density at radius 3 is 2.94 bits per heavy atom. The summed E-state index contributed by atoms with van der Waals surface area (Å²) in [5.41, 5.74) is 3.08. The van der Waals surface area contributed by atoms with Crippen molar-refractivity contribution in [1.82, 2.24) is 15.1 Å². The minimum atomic E-state index is 0.196. The predicted octanol–water partition coefficient (Wildman–Crippen LogP) is 3.17. The first kappa shape index (κ1) is 11.6. The Bertz CT molecular complexity index is 681. The molecule has 5 nitrogen and oxygen atoms in total. The number of phenols is 1. The maximum atomic E-state index is 9.64. The molecule has 3 aromatic rings. The molecule has 0 amide bonds. The molecule has 7 heteroatoms. The fourth-order valence-corrected chi connectivity index (χ4v) is 2.28. The monoisotopic (exact) mass is 371 g/mol. The molecule has 18 heavy (non-hydrogen) atoms. The first-order valence-corrected chi connectivity index (χ1v) is 6.97.